The van der Waals surface area contributed by atoms with Crippen molar-refractivity contribution in [2.45, 2.75) is 13.3 Å². The predicted molar refractivity (Wildman–Crippen MR) is 52.3 cm³/mol. The fraction of sp³-hybridized carbons (Fsp3) is 0.273. The van der Waals surface area contributed by atoms with Gasteiger partial charge in [-0.15, -0.1) is 0 Å². The molecule has 0 atom stereocenters. The fourth-order valence-electron chi connectivity index (χ4n) is 2.15. The topological polar surface area (TPSA) is 14.2 Å². The zero-order valence-corrected chi connectivity index (χ0v) is 8.10. The Hall–Kier alpha value is -1.51. The van der Waals surface area contributed by atoms with E-state index in [0.717, 1.165) is 28.8 Å². The Kier molecular flexibility index (Phi) is 1.29. The Balaban J connectivity index is 2.49. The number of benzene rings is 1. The SMILES string of the molecule is CCc1c2c3c(c(F)ccc3n1C)O2. The predicted octanol–water partition coefficient (Wildman–Crippen LogP) is 2.99. The molecule has 0 unspecified atom stereocenters. The molecule has 0 fully saturated rings. The van der Waals surface area contributed by atoms with Crippen LogP contribution in [0.2, 0.25) is 0 Å². The highest BCUT2D eigenvalue weighted by molar-refractivity contribution is 5.99. The van der Waals surface area contributed by atoms with Crippen LogP contribution in [-0.2, 0) is 13.5 Å². The lowest BCUT2D eigenvalue weighted by Gasteiger charge is -2.17. The number of nitrogens with zero attached hydrogens (tertiary/aromatic N) is 1. The summed E-state index contributed by atoms with van der Waals surface area (Å²) in [5.41, 5.74) is 2.19. The lowest BCUT2D eigenvalue weighted by molar-refractivity contribution is 0.419. The number of aryl methyl sites for hydroxylation is 1. The van der Waals surface area contributed by atoms with Gasteiger partial charge in [-0.05, 0) is 18.6 Å². The minimum atomic E-state index is -0.266. The lowest BCUT2D eigenvalue weighted by Crippen LogP contribution is -1.99. The summed E-state index contributed by atoms with van der Waals surface area (Å²) in [6.45, 7) is 2.07. The Bertz CT molecular complexity index is 542. The largest absolute Gasteiger partial charge is 0.451 e. The molecule has 0 radical (unpaired) electrons. The van der Waals surface area contributed by atoms with E-state index in [0.29, 0.717) is 5.75 Å². The van der Waals surface area contributed by atoms with Crippen molar-refractivity contribution < 1.29 is 9.13 Å². The summed E-state index contributed by atoms with van der Waals surface area (Å²) in [4.78, 5) is 0. The van der Waals surface area contributed by atoms with Crippen LogP contribution in [0.3, 0.4) is 0 Å². The summed E-state index contributed by atoms with van der Waals surface area (Å²) in [5, 5.41) is 0.948. The smallest absolute Gasteiger partial charge is 0.176 e. The van der Waals surface area contributed by atoms with Crippen LogP contribution in [0.15, 0.2) is 12.1 Å². The first-order valence-electron chi connectivity index (χ1n) is 4.71. The summed E-state index contributed by atoms with van der Waals surface area (Å²) in [5.74, 6) is 1.01. The molecule has 0 amide bonds. The van der Waals surface area contributed by atoms with E-state index in [4.69, 9.17) is 4.74 Å². The Morgan fingerprint density at radius 1 is 1.36 bits per heavy atom. The molecule has 14 heavy (non-hydrogen) atoms. The molecule has 72 valence electrons. The molecule has 3 rings (SSSR count). The standard InChI is InChI=1S/C11H10FNO/c1-3-7-11-9-8(13(7)2)5-4-6(12)10(9)14-11/h4-5H,3H2,1-2H3. The number of aromatic nitrogens is 1. The monoisotopic (exact) mass is 191 g/mol. The summed E-state index contributed by atoms with van der Waals surface area (Å²) in [7, 11) is 1.99. The van der Waals surface area contributed by atoms with Crippen LogP contribution in [0, 0.1) is 5.82 Å². The quantitative estimate of drug-likeness (QED) is 0.576. The summed E-state index contributed by atoms with van der Waals surface area (Å²) in [6.07, 6.45) is 0.904. The van der Waals surface area contributed by atoms with Gasteiger partial charge in [0.05, 0.1) is 16.6 Å². The maximum Gasteiger partial charge on any atom is 0.176 e. The average molecular weight is 191 g/mol. The highest BCUT2D eigenvalue weighted by Gasteiger charge is 2.29. The number of hydrogen-bond acceptors (Lipinski definition) is 1. The van der Waals surface area contributed by atoms with E-state index < -0.39 is 0 Å². The molecule has 2 nitrogen and oxygen atoms in total. The van der Waals surface area contributed by atoms with E-state index in [9.17, 15) is 4.39 Å². The normalized spacial score (nSPS) is 12.8. The molecule has 2 aromatic rings. The van der Waals surface area contributed by atoms with Crippen molar-refractivity contribution in [2.24, 2.45) is 7.05 Å². The van der Waals surface area contributed by atoms with Crippen molar-refractivity contribution >= 4 is 10.9 Å². The molecule has 0 saturated carbocycles. The van der Waals surface area contributed by atoms with Crippen molar-refractivity contribution in [3.05, 3.63) is 23.6 Å². The van der Waals surface area contributed by atoms with E-state index in [1.165, 1.54) is 6.07 Å². The molecule has 0 saturated heterocycles. The van der Waals surface area contributed by atoms with Gasteiger partial charge in [-0.3, -0.25) is 0 Å². The third kappa shape index (κ3) is 0.672. The van der Waals surface area contributed by atoms with Crippen molar-refractivity contribution in [3.8, 4) is 11.5 Å². The van der Waals surface area contributed by atoms with E-state index in [1.807, 2.05) is 7.05 Å². The minimum Gasteiger partial charge on any atom is -0.451 e. The Morgan fingerprint density at radius 3 is 2.86 bits per heavy atom. The van der Waals surface area contributed by atoms with Gasteiger partial charge in [0.25, 0.3) is 0 Å². The average Bonchev–Trinajstić information content (AvgIpc) is 2.36. The van der Waals surface area contributed by atoms with Gasteiger partial charge in [0.1, 0.15) is 0 Å². The van der Waals surface area contributed by atoms with Gasteiger partial charge in [-0.1, -0.05) is 6.92 Å². The molecule has 0 spiro atoms. The molecule has 1 aliphatic heterocycles. The number of halogens is 1. The minimum absolute atomic E-state index is 0.266. The Labute approximate surface area is 80.9 Å². The van der Waals surface area contributed by atoms with Crippen LogP contribution in [-0.4, -0.2) is 4.57 Å². The zero-order valence-electron chi connectivity index (χ0n) is 8.10. The van der Waals surface area contributed by atoms with Crippen LogP contribution < -0.4 is 4.74 Å². The van der Waals surface area contributed by atoms with Crippen molar-refractivity contribution in [2.75, 3.05) is 0 Å². The summed E-state index contributed by atoms with van der Waals surface area (Å²) in [6, 6.07) is 3.26. The van der Waals surface area contributed by atoms with Gasteiger partial charge in [0.15, 0.2) is 17.3 Å². The number of ether oxygens (including phenoxy) is 1. The maximum atomic E-state index is 13.2. The second-order valence-electron chi connectivity index (χ2n) is 3.56. The molecule has 3 heteroatoms. The molecular weight excluding hydrogens is 181 g/mol. The van der Waals surface area contributed by atoms with Crippen LogP contribution in [0.5, 0.6) is 11.5 Å². The van der Waals surface area contributed by atoms with E-state index >= 15 is 0 Å². The summed E-state index contributed by atoms with van der Waals surface area (Å²) < 4.78 is 20.6. The highest BCUT2D eigenvalue weighted by Crippen LogP contribution is 2.50. The zero-order chi connectivity index (χ0) is 9.87. The first-order chi connectivity index (χ1) is 6.74. The van der Waals surface area contributed by atoms with Crippen LogP contribution in [0.25, 0.3) is 10.9 Å². The second-order valence-corrected chi connectivity index (χ2v) is 3.56. The van der Waals surface area contributed by atoms with Gasteiger partial charge < -0.3 is 9.30 Å². The van der Waals surface area contributed by atoms with Crippen LogP contribution in [0.1, 0.15) is 12.6 Å². The van der Waals surface area contributed by atoms with Gasteiger partial charge in [0.2, 0.25) is 0 Å². The van der Waals surface area contributed by atoms with Crippen molar-refractivity contribution in [3.63, 3.8) is 0 Å². The van der Waals surface area contributed by atoms with Gasteiger partial charge in [-0.2, -0.15) is 0 Å². The van der Waals surface area contributed by atoms with Crippen molar-refractivity contribution in [1.82, 2.24) is 4.57 Å². The first kappa shape index (κ1) is 7.85. The number of rotatable bonds is 1. The second kappa shape index (κ2) is 2.29. The van der Waals surface area contributed by atoms with E-state index in [1.54, 1.807) is 6.07 Å². The van der Waals surface area contributed by atoms with Crippen molar-refractivity contribution in [1.29, 1.82) is 0 Å². The summed E-state index contributed by atoms with van der Waals surface area (Å²) >= 11 is 0. The first-order valence-corrected chi connectivity index (χ1v) is 4.71. The molecule has 1 aliphatic rings. The molecule has 0 bridgehead atoms. The van der Waals surface area contributed by atoms with E-state index in [2.05, 4.69) is 11.5 Å². The third-order valence-electron chi connectivity index (χ3n) is 2.88. The van der Waals surface area contributed by atoms with E-state index in [-0.39, 0.29) is 5.82 Å². The molecular formula is C11H10FNO. The van der Waals surface area contributed by atoms with Gasteiger partial charge in [0, 0.05) is 7.05 Å². The van der Waals surface area contributed by atoms with Crippen LogP contribution >= 0.6 is 0 Å². The molecule has 0 aliphatic carbocycles. The third-order valence-corrected chi connectivity index (χ3v) is 2.88. The van der Waals surface area contributed by atoms with Crippen LogP contribution in [0.4, 0.5) is 4.39 Å². The highest BCUT2D eigenvalue weighted by atomic mass is 19.1. The molecule has 1 aromatic carbocycles. The van der Waals surface area contributed by atoms with Gasteiger partial charge >= 0.3 is 0 Å². The number of hydrogen-bond donors (Lipinski definition) is 0. The molecule has 0 N–H and O–H groups in total. The lowest BCUT2D eigenvalue weighted by atomic mass is 10.1. The van der Waals surface area contributed by atoms with Gasteiger partial charge in [-0.25, -0.2) is 4.39 Å². The Morgan fingerprint density at radius 2 is 2.14 bits per heavy atom. The maximum absolute atomic E-state index is 13.2. The molecule has 1 aromatic heterocycles. The fourth-order valence-corrected chi connectivity index (χ4v) is 2.15. The molecule has 2 heterocycles.